The number of pyridine rings is 1. The second-order valence-corrected chi connectivity index (χ2v) is 7.88. The van der Waals surface area contributed by atoms with Crippen LogP contribution in [0.4, 0.5) is 4.79 Å². The van der Waals surface area contributed by atoms with E-state index >= 15 is 0 Å². The molecule has 25 heavy (non-hydrogen) atoms. The highest BCUT2D eigenvalue weighted by molar-refractivity contribution is 5.87. The lowest BCUT2D eigenvalue weighted by molar-refractivity contribution is 0.0327. The average molecular weight is 338 g/mol. The Morgan fingerprint density at radius 3 is 2.68 bits per heavy atom. The summed E-state index contributed by atoms with van der Waals surface area (Å²) in [5.74, 6) is 0.414. The second-order valence-electron chi connectivity index (χ2n) is 7.88. The summed E-state index contributed by atoms with van der Waals surface area (Å²) >= 11 is 0. The highest BCUT2D eigenvalue weighted by atomic mass is 16.6. The molecule has 1 atom stereocenters. The summed E-state index contributed by atoms with van der Waals surface area (Å²) < 4.78 is 5.61. The maximum Gasteiger partial charge on any atom is 0.414 e. The van der Waals surface area contributed by atoms with E-state index in [1.165, 1.54) is 0 Å². The minimum absolute atomic E-state index is 0.289. The van der Waals surface area contributed by atoms with E-state index in [-0.39, 0.29) is 6.09 Å². The fourth-order valence-corrected chi connectivity index (χ4v) is 3.05. The van der Waals surface area contributed by atoms with Gasteiger partial charge in [0.05, 0.1) is 11.2 Å². The number of carbonyl (C=O) groups is 1. The van der Waals surface area contributed by atoms with Gasteiger partial charge in [-0.1, -0.05) is 31.2 Å². The molecule has 0 N–H and O–H groups in total. The highest BCUT2D eigenvalue weighted by Crippen LogP contribution is 2.30. The van der Waals surface area contributed by atoms with Crippen LogP contribution in [-0.4, -0.2) is 28.1 Å². The van der Waals surface area contributed by atoms with Crippen molar-refractivity contribution < 1.29 is 9.53 Å². The number of carbonyl (C=O) groups excluding carboxylic acids is 1. The Hall–Kier alpha value is -2.36. The number of nitrogens with zero attached hydrogens (tertiary/aromatic N) is 2. The molecule has 132 valence electrons. The number of allylic oxidation sites excluding steroid dienone is 1. The minimum Gasteiger partial charge on any atom is -0.443 e. The van der Waals surface area contributed by atoms with Gasteiger partial charge in [-0.2, -0.15) is 0 Å². The first-order chi connectivity index (χ1) is 11.7. The molecule has 2 aromatic rings. The summed E-state index contributed by atoms with van der Waals surface area (Å²) in [7, 11) is 0. The SMILES string of the molecule is Cc1ccc2ccc(C3=CCC(C)CN3C(=O)OC(C)(C)C)cc2n1. The van der Waals surface area contributed by atoms with Gasteiger partial charge in [-0.05, 0) is 52.2 Å². The van der Waals surface area contributed by atoms with Crippen molar-refractivity contribution in [3.63, 3.8) is 0 Å². The van der Waals surface area contributed by atoms with Crippen LogP contribution in [0.2, 0.25) is 0 Å². The van der Waals surface area contributed by atoms with Gasteiger partial charge in [0.1, 0.15) is 5.60 Å². The predicted molar refractivity (Wildman–Crippen MR) is 101 cm³/mol. The van der Waals surface area contributed by atoms with E-state index in [2.05, 4.69) is 42.2 Å². The van der Waals surface area contributed by atoms with E-state index in [0.29, 0.717) is 12.5 Å². The van der Waals surface area contributed by atoms with Gasteiger partial charge < -0.3 is 4.74 Å². The molecule has 1 aromatic heterocycles. The number of fused-ring (bicyclic) bond motifs is 1. The molecule has 1 amide bonds. The molecule has 1 aliphatic rings. The first-order valence-electron chi connectivity index (χ1n) is 8.81. The van der Waals surface area contributed by atoms with E-state index < -0.39 is 5.60 Å². The van der Waals surface area contributed by atoms with Crippen molar-refractivity contribution in [1.82, 2.24) is 9.88 Å². The average Bonchev–Trinajstić information content (AvgIpc) is 2.52. The molecule has 0 radical (unpaired) electrons. The van der Waals surface area contributed by atoms with E-state index in [9.17, 15) is 4.79 Å². The van der Waals surface area contributed by atoms with Crippen LogP contribution in [0.15, 0.2) is 36.4 Å². The number of aromatic nitrogens is 1. The van der Waals surface area contributed by atoms with Gasteiger partial charge in [-0.25, -0.2) is 4.79 Å². The largest absolute Gasteiger partial charge is 0.443 e. The number of hydrogen-bond donors (Lipinski definition) is 0. The van der Waals surface area contributed by atoms with Gasteiger partial charge in [0.2, 0.25) is 0 Å². The van der Waals surface area contributed by atoms with Crippen LogP contribution < -0.4 is 0 Å². The number of aryl methyl sites for hydroxylation is 1. The molecule has 1 aromatic carbocycles. The summed E-state index contributed by atoms with van der Waals surface area (Å²) in [5, 5.41) is 1.10. The Kier molecular flexibility index (Phi) is 4.55. The van der Waals surface area contributed by atoms with Crippen LogP contribution in [0.1, 0.15) is 45.4 Å². The van der Waals surface area contributed by atoms with E-state index in [4.69, 9.17) is 4.74 Å². The Morgan fingerprint density at radius 1 is 1.24 bits per heavy atom. The number of benzene rings is 1. The molecule has 0 bridgehead atoms. The third-order valence-electron chi connectivity index (χ3n) is 4.24. The third kappa shape index (κ3) is 4.01. The topological polar surface area (TPSA) is 42.4 Å². The van der Waals surface area contributed by atoms with E-state index in [0.717, 1.165) is 34.3 Å². The maximum atomic E-state index is 12.7. The van der Waals surface area contributed by atoms with E-state index in [1.807, 2.05) is 33.8 Å². The van der Waals surface area contributed by atoms with Gasteiger partial charge in [0.15, 0.2) is 0 Å². The first-order valence-corrected chi connectivity index (χ1v) is 8.81. The lowest BCUT2D eigenvalue weighted by atomic mass is 9.98. The summed E-state index contributed by atoms with van der Waals surface area (Å²) in [4.78, 5) is 19.1. The fourth-order valence-electron chi connectivity index (χ4n) is 3.05. The molecule has 0 aliphatic carbocycles. The number of rotatable bonds is 1. The molecular formula is C21H26N2O2. The molecular weight excluding hydrogens is 312 g/mol. The lowest BCUT2D eigenvalue weighted by Gasteiger charge is -2.34. The van der Waals surface area contributed by atoms with Crippen LogP contribution in [0.5, 0.6) is 0 Å². The molecule has 1 aliphatic heterocycles. The lowest BCUT2D eigenvalue weighted by Crippen LogP contribution is -2.39. The Morgan fingerprint density at radius 2 is 1.96 bits per heavy atom. The van der Waals surface area contributed by atoms with Crippen LogP contribution in [0.25, 0.3) is 16.6 Å². The third-order valence-corrected chi connectivity index (χ3v) is 4.24. The van der Waals surface area contributed by atoms with Crippen LogP contribution >= 0.6 is 0 Å². The van der Waals surface area contributed by atoms with Crippen molar-refractivity contribution in [1.29, 1.82) is 0 Å². The van der Waals surface area contributed by atoms with Gasteiger partial charge >= 0.3 is 6.09 Å². The molecule has 3 rings (SSSR count). The van der Waals surface area contributed by atoms with Crippen LogP contribution in [0, 0.1) is 12.8 Å². The zero-order valence-corrected chi connectivity index (χ0v) is 15.7. The molecule has 0 fully saturated rings. The minimum atomic E-state index is -0.509. The normalized spacial score (nSPS) is 18.2. The Labute approximate surface area is 149 Å². The fraction of sp³-hybridized carbons (Fsp3) is 0.429. The zero-order valence-electron chi connectivity index (χ0n) is 15.7. The number of amides is 1. The quantitative estimate of drug-likeness (QED) is 0.721. The van der Waals surface area contributed by atoms with Crippen LogP contribution in [-0.2, 0) is 4.74 Å². The molecule has 2 heterocycles. The predicted octanol–water partition coefficient (Wildman–Crippen LogP) is 5.16. The summed E-state index contributed by atoms with van der Waals surface area (Å²) in [5.41, 5.74) is 3.34. The van der Waals surface area contributed by atoms with Crippen molar-refractivity contribution in [2.45, 2.75) is 46.6 Å². The van der Waals surface area contributed by atoms with Crippen LogP contribution in [0.3, 0.4) is 0 Å². The highest BCUT2D eigenvalue weighted by Gasteiger charge is 2.29. The molecule has 1 unspecified atom stereocenters. The van der Waals surface area contributed by atoms with Crippen molar-refractivity contribution in [3.8, 4) is 0 Å². The zero-order chi connectivity index (χ0) is 18.2. The van der Waals surface area contributed by atoms with Gasteiger partial charge in [0.25, 0.3) is 0 Å². The summed E-state index contributed by atoms with van der Waals surface area (Å²) in [6.07, 6.45) is 2.80. The molecule has 0 saturated carbocycles. The summed E-state index contributed by atoms with van der Waals surface area (Å²) in [6.45, 7) is 10.5. The van der Waals surface area contributed by atoms with Crippen molar-refractivity contribution in [3.05, 3.63) is 47.7 Å². The van der Waals surface area contributed by atoms with E-state index in [1.54, 1.807) is 4.90 Å². The molecule has 0 spiro atoms. The number of hydrogen-bond acceptors (Lipinski definition) is 3. The van der Waals surface area contributed by atoms with Gasteiger partial charge in [-0.15, -0.1) is 0 Å². The molecule has 4 heteroatoms. The smallest absolute Gasteiger partial charge is 0.414 e. The monoisotopic (exact) mass is 338 g/mol. The standard InChI is InChI=1S/C21H26N2O2/c1-14-6-11-19(23(13-14)20(24)25-21(3,4)5)17-10-9-16-8-7-15(2)22-18(16)12-17/h7-12,14H,6,13H2,1-5H3. The Bertz CT molecular complexity index is 833. The van der Waals surface area contributed by atoms with Crippen molar-refractivity contribution in [2.75, 3.05) is 6.54 Å². The summed E-state index contributed by atoms with van der Waals surface area (Å²) in [6, 6.07) is 10.3. The van der Waals surface area contributed by atoms with Crippen molar-refractivity contribution in [2.24, 2.45) is 5.92 Å². The molecule has 4 nitrogen and oxygen atoms in total. The maximum absolute atomic E-state index is 12.7. The second kappa shape index (κ2) is 6.51. The first kappa shape index (κ1) is 17.5. The number of ether oxygens (including phenoxy) is 1. The van der Waals surface area contributed by atoms with Gasteiger partial charge in [0, 0.05) is 23.2 Å². The van der Waals surface area contributed by atoms with Gasteiger partial charge in [-0.3, -0.25) is 9.88 Å². The Balaban J connectivity index is 1.99. The van der Waals surface area contributed by atoms with Crippen molar-refractivity contribution >= 4 is 22.7 Å². The molecule has 0 saturated heterocycles.